The lowest BCUT2D eigenvalue weighted by molar-refractivity contribution is -0.138. The van der Waals surface area contributed by atoms with Gasteiger partial charge in [0, 0.05) is 11.3 Å². The molecule has 0 spiro atoms. The van der Waals surface area contributed by atoms with Gasteiger partial charge in [-0.2, -0.15) is 0 Å². The van der Waals surface area contributed by atoms with Crippen LogP contribution in [0.3, 0.4) is 0 Å². The first kappa shape index (κ1) is 17.0. The molecule has 0 amide bonds. The molecule has 0 aliphatic heterocycles. The molecule has 0 radical (unpaired) electrons. The third-order valence-corrected chi connectivity index (χ3v) is 9.58. The molecule has 0 aromatic carbocycles. The van der Waals surface area contributed by atoms with E-state index in [9.17, 15) is 9.36 Å². The zero-order chi connectivity index (χ0) is 15.3. The molecule has 0 aromatic heterocycles. The van der Waals surface area contributed by atoms with Gasteiger partial charge in [0.2, 0.25) is 0 Å². The fourth-order valence-electron chi connectivity index (χ4n) is 3.96. The maximum absolute atomic E-state index is 13.8. The van der Waals surface area contributed by atoms with Gasteiger partial charge < -0.3 is 9.67 Å². The summed E-state index contributed by atoms with van der Waals surface area (Å²) in [4.78, 5) is 11.0. The summed E-state index contributed by atoms with van der Waals surface area (Å²) in [6.07, 6.45) is 12.0. The smallest absolute Gasteiger partial charge is 0.320 e. The predicted octanol–water partition coefficient (Wildman–Crippen LogP) is 4.04. The summed E-state index contributed by atoms with van der Waals surface area (Å²) in [5, 5.41) is 12.1. The number of carbonyl (C=O) groups is 1. The Morgan fingerprint density at radius 1 is 1.05 bits per heavy atom. The highest BCUT2D eigenvalue weighted by Gasteiger charge is 2.41. The van der Waals surface area contributed by atoms with E-state index in [0.717, 1.165) is 25.7 Å². The molecule has 2 N–H and O–H groups in total. The molecule has 2 fully saturated rings. The van der Waals surface area contributed by atoms with E-state index in [2.05, 4.69) is 5.32 Å². The van der Waals surface area contributed by atoms with Crippen LogP contribution in [0.15, 0.2) is 0 Å². The molecular weight excluding hydrogens is 285 g/mol. The van der Waals surface area contributed by atoms with Crippen LogP contribution in [0.5, 0.6) is 0 Å². The number of carboxylic acid groups (broad SMARTS) is 1. The summed E-state index contributed by atoms with van der Waals surface area (Å²) in [5.74, 6) is -0.853. The van der Waals surface area contributed by atoms with Gasteiger partial charge in [-0.15, -0.1) is 0 Å². The van der Waals surface area contributed by atoms with E-state index in [1.54, 1.807) is 6.92 Å². The molecule has 2 aliphatic carbocycles. The summed E-state index contributed by atoms with van der Waals surface area (Å²) < 4.78 is 13.8. The molecule has 21 heavy (non-hydrogen) atoms. The zero-order valence-corrected chi connectivity index (χ0v) is 14.1. The quantitative estimate of drug-likeness (QED) is 0.726. The van der Waals surface area contributed by atoms with Crippen molar-refractivity contribution in [1.29, 1.82) is 0 Å². The number of carboxylic acids is 1. The Balaban J connectivity index is 2.08. The number of hydrogen-bond acceptors (Lipinski definition) is 3. The summed E-state index contributed by atoms with van der Waals surface area (Å²) in [7, 11) is -2.34. The summed E-state index contributed by atoms with van der Waals surface area (Å²) in [6, 6.07) is -0.606. The first-order valence-electron chi connectivity index (χ1n) is 8.58. The standard InChI is InChI=1S/C16H30NO3P/c1-13(16(18)19)17-12-21(20,14-8-4-2-5-9-14)15-10-6-3-7-11-15/h13-15,17H,2-12H2,1H3,(H,18,19)/t13-/m0/s1. The van der Waals surface area contributed by atoms with Crippen LogP contribution in [0.4, 0.5) is 0 Å². The highest BCUT2D eigenvalue weighted by Crippen LogP contribution is 2.61. The maximum atomic E-state index is 13.8. The minimum Gasteiger partial charge on any atom is -0.480 e. The summed E-state index contributed by atoms with van der Waals surface area (Å²) >= 11 is 0. The first-order valence-corrected chi connectivity index (χ1v) is 10.6. The molecule has 1 atom stereocenters. The van der Waals surface area contributed by atoms with Gasteiger partial charge in [0.15, 0.2) is 0 Å². The van der Waals surface area contributed by atoms with Crippen molar-refractivity contribution < 1.29 is 14.5 Å². The first-order chi connectivity index (χ1) is 10.0. The van der Waals surface area contributed by atoms with E-state index in [0.29, 0.717) is 17.6 Å². The van der Waals surface area contributed by atoms with Gasteiger partial charge in [-0.05, 0) is 32.6 Å². The van der Waals surface area contributed by atoms with Gasteiger partial charge in [0.25, 0.3) is 0 Å². The van der Waals surface area contributed by atoms with Gasteiger partial charge in [0.05, 0.1) is 6.29 Å². The lowest BCUT2D eigenvalue weighted by Gasteiger charge is -2.38. The van der Waals surface area contributed by atoms with Crippen molar-refractivity contribution in [3.63, 3.8) is 0 Å². The minimum atomic E-state index is -2.34. The highest BCUT2D eigenvalue weighted by atomic mass is 31.2. The predicted molar refractivity (Wildman–Crippen MR) is 86.5 cm³/mol. The average Bonchev–Trinajstić information content (AvgIpc) is 2.53. The molecule has 0 bridgehead atoms. The molecule has 0 unspecified atom stereocenters. The summed E-state index contributed by atoms with van der Waals surface area (Å²) in [6.45, 7) is 1.65. The van der Waals surface area contributed by atoms with Crippen molar-refractivity contribution in [1.82, 2.24) is 5.32 Å². The van der Waals surface area contributed by atoms with Crippen LogP contribution < -0.4 is 5.32 Å². The Labute approximate surface area is 128 Å². The van der Waals surface area contributed by atoms with Crippen LogP contribution in [-0.4, -0.2) is 34.7 Å². The largest absolute Gasteiger partial charge is 0.480 e. The van der Waals surface area contributed by atoms with E-state index in [1.165, 1.54) is 38.5 Å². The number of rotatable bonds is 6. The fraction of sp³-hybridized carbons (Fsp3) is 0.938. The number of aliphatic carboxylic acids is 1. The average molecular weight is 315 g/mol. The molecule has 122 valence electrons. The SMILES string of the molecule is C[C@H](NCP(=O)(C1CCCCC1)C1CCCCC1)C(=O)O. The molecular formula is C16H30NO3P. The van der Waals surface area contributed by atoms with Crippen LogP contribution in [0.25, 0.3) is 0 Å². The second kappa shape index (κ2) is 7.78. The van der Waals surface area contributed by atoms with Crippen LogP contribution in [0.1, 0.15) is 71.1 Å². The van der Waals surface area contributed by atoms with Crippen molar-refractivity contribution in [2.45, 2.75) is 88.5 Å². The van der Waals surface area contributed by atoms with Crippen LogP contribution in [0, 0.1) is 0 Å². The van der Waals surface area contributed by atoms with Gasteiger partial charge in [-0.1, -0.05) is 38.5 Å². The zero-order valence-electron chi connectivity index (χ0n) is 13.2. The molecule has 0 heterocycles. The second-order valence-corrected chi connectivity index (χ2v) is 10.3. The molecule has 0 aromatic rings. The van der Waals surface area contributed by atoms with Crippen molar-refractivity contribution in [2.24, 2.45) is 0 Å². The molecule has 5 heteroatoms. The van der Waals surface area contributed by atoms with E-state index < -0.39 is 19.2 Å². The molecule has 2 aliphatic rings. The Morgan fingerprint density at radius 2 is 1.48 bits per heavy atom. The Hall–Kier alpha value is -0.340. The second-order valence-electron chi connectivity index (χ2n) is 6.86. The summed E-state index contributed by atoms with van der Waals surface area (Å²) in [5.41, 5.74) is 0.672. The molecule has 4 nitrogen and oxygen atoms in total. The normalized spacial score (nSPS) is 23.9. The number of nitrogens with one attached hydrogen (secondary N) is 1. The van der Waals surface area contributed by atoms with Crippen LogP contribution in [0.2, 0.25) is 0 Å². The lowest BCUT2D eigenvalue weighted by Crippen LogP contribution is -2.38. The highest BCUT2D eigenvalue weighted by molar-refractivity contribution is 7.65. The van der Waals surface area contributed by atoms with Crippen molar-refractivity contribution in [3.8, 4) is 0 Å². The van der Waals surface area contributed by atoms with E-state index >= 15 is 0 Å². The minimum absolute atomic E-state index is 0.336. The van der Waals surface area contributed by atoms with Crippen molar-refractivity contribution in [2.75, 3.05) is 6.29 Å². The third kappa shape index (κ3) is 4.32. The van der Waals surface area contributed by atoms with Gasteiger partial charge in [0.1, 0.15) is 13.2 Å². The third-order valence-electron chi connectivity index (χ3n) is 5.40. The topological polar surface area (TPSA) is 66.4 Å². The van der Waals surface area contributed by atoms with Gasteiger partial charge in [-0.25, -0.2) is 0 Å². The van der Waals surface area contributed by atoms with Crippen LogP contribution in [-0.2, 0) is 9.36 Å². The van der Waals surface area contributed by atoms with Crippen LogP contribution >= 0.6 is 7.14 Å². The van der Waals surface area contributed by atoms with Gasteiger partial charge >= 0.3 is 5.97 Å². The fourth-order valence-corrected chi connectivity index (χ4v) is 8.11. The lowest BCUT2D eigenvalue weighted by atomic mass is 9.99. The Kier molecular flexibility index (Phi) is 6.31. The van der Waals surface area contributed by atoms with Crippen molar-refractivity contribution in [3.05, 3.63) is 0 Å². The Morgan fingerprint density at radius 3 is 1.86 bits per heavy atom. The monoisotopic (exact) mass is 315 g/mol. The number of hydrogen-bond donors (Lipinski definition) is 2. The van der Waals surface area contributed by atoms with E-state index in [1.807, 2.05) is 0 Å². The van der Waals surface area contributed by atoms with Crippen molar-refractivity contribution >= 4 is 13.1 Å². The van der Waals surface area contributed by atoms with E-state index in [-0.39, 0.29) is 0 Å². The molecule has 2 saturated carbocycles. The Bertz CT molecular complexity index is 365. The molecule has 2 rings (SSSR count). The maximum Gasteiger partial charge on any atom is 0.320 e. The van der Waals surface area contributed by atoms with E-state index in [4.69, 9.17) is 5.11 Å². The molecule has 0 saturated heterocycles. The van der Waals surface area contributed by atoms with Gasteiger partial charge in [-0.3, -0.25) is 10.1 Å².